The molecule has 0 unspecified atom stereocenters. The summed E-state index contributed by atoms with van der Waals surface area (Å²) < 4.78 is 2.10. The van der Waals surface area contributed by atoms with Crippen molar-refractivity contribution in [3.63, 3.8) is 0 Å². The van der Waals surface area contributed by atoms with Gasteiger partial charge in [-0.3, -0.25) is 0 Å². The zero-order valence-corrected chi connectivity index (χ0v) is 14.3. The molecule has 1 heterocycles. The van der Waals surface area contributed by atoms with Crippen LogP contribution in [0, 0.1) is 6.92 Å². The van der Waals surface area contributed by atoms with Crippen molar-refractivity contribution in [2.45, 2.75) is 13.5 Å². The summed E-state index contributed by atoms with van der Waals surface area (Å²) in [7, 11) is 0. The van der Waals surface area contributed by atoms with Gasteiger partial charge in [-0.1, -0.05) is 34.1 Å². The minimum atomic E-state index is -0.241. The third-order valence-corrected chi connectivity index (χ3v) is 5.06. The number of fused-ring (bicyclic) bond motifs is 1. The molecule has 0 aliphatic carbocycles. The summed E-state index contributed by atoms with van der Waals surface area (Å²) in [5.41, 5.74) is 2.84. The summed E-state index contributed by atoms with van der Waals surface area (Å²) in [4.78, 5) is 16.4. The van der Waals surface area contributed by atoms with Crippen molar-refractivity contribution >= 4 is 49.2 Å². The van der Waals surface area contributed by atoms with Crippen LogP contribution in [0.25, 0.3) is 10.2 Å². The minimum absolute atomic E-state index is 0.241. The number of hydrogen-bond acceptors (Lipinski definition) is 3. The van der Waals surface area contributed by atoms with Crippen LogP contribution in [0.2, 0.25) is 0 Å². The summed E-state index contributed by atoms with van der Waals surface area (Å²) in [5.74, 6) is 0. The Labute approximate surface area is 140 Å². The number of benzene rings is 2. The number of amides is 2. The molecule has 0 fully saturated rings. The van der Waals surface area contributed by atoms with Crippen LogP contribution in [0.1, 0.15) is 10.6 Å². The molecule has 2 N–H and O–H groups in total. The number of halogens is 1. The Morgan fingerprint density at radius 1 is 1.27 bits per heavy atom. The fourth-order valence-corrected chi connectivity index (χ4v) is 3.28. The predicted molar refractivity (Wildman–Crippen MR) is 94.4 cm³/mol. The van der Waals surface area contributed by atoms with Crippen LogP contribution in [0.15, 0.2) is 46.9 Å². The highest BCUT2D eigenvalue weighted by molar-refractivity contribution is 9.10. The first-order valence-electron chi connectivity index (χ1n) is 6.77. The van der Waals surface area contributed by atoms with Crippen LogP contribution >= 0.6 is 27.3 Å². The lowest BCUT2D eigenvalue weighted by molar-refractivity contribution is 0.251. The van der Waals surface area contributed by atoms with Gasteiger partial charge in [-0.25, -0.2) is 9.78 Å². The number of thiazole rings is 1. The molecular formula is C16H14BrN3OS. The zero-order chi connectivity index (χ0) is 15.5. The SMILES string of the molecule is Cc1ccc(NC(=O)NCc2nc3ccccc3s2)cc1Br. The lowest BCUT2D eigenvalue weighted by Gasteiger charge is -2.07. The second-order valence-corrected chi connectivity index (χ2v) is 6.82. The van der Waals surface area contributed by atoms with Crippen molar-refractivity contribution in [1.82, 2.24) is 10.3 Å². The number of para-hydroxylation sites is 1. The summed E-state index contributed by atoms with van der Waals surface area (Å²) in [6.07, 6.45) is 0. The van der Waals surface area contributed by atoms with E-state index in [2.05, 4.69) is 31.5 Å². The summed E-state index contributed by atoms with van der Waals surface area (Å²) in [6, 6.07) is 13.4. The maximum Gasteiger partial charge on any atom is 0.319 e. The third-order valence-electron chi connectivity index (χ3n) is 3.17. The number of hydrogen-bond donors (Lipinski definition) is 2. The van der Waals surface area contributed by atoms with Gasteiger partial charge < -0.3 is 10.6 Å². The van der Waals surface area contributed by atoms with E-state index >= 15 is 0 Å². The molecule has 22 heavy (non-hydrogen) atoms. The molecule has 1 aromatic heterocycles. The average molecular weight is 376 g/mol. The van der Waals surface area contributed by atoms with E-state index < -0.39 is 0 Å². The topological polar surface area (TPSA) is 54.0 Å². The molecule has 4 nitrogen and oxygen atoms in total. The van der Waals surface area contributed by atoms with Crippen LogP contribution < -0.4 is 10.6 Å². The number of carbonyl (C=O) groups is 1. The first-order chi connectivity index (χ1) is 10.6. The van der Waals surface area contributed by atoms with Crippen molar-refractivity contribution in [3.05, 3.63) is 57.5 Å². The van der Waals surface area contributed by atoms with Gasteiger partial charge in [0.25, 0.3) is 0 Å². The molecule has 0 saturated heterocycles. The number of aromatic nitrogens is 1. The van der Waals surface area contributed by atoms with Crippen molar-refractivity contribution in [2.75, 3.05) is 5.32 Å². The second-order valence-electron chi connectivity index (χ2n) is 4.85. The molecule has 0 aliphatic rings. The molecular weight excluding hydrogens is 362 g/mol. The number of carbonyl (C=O) groups excluding carboxylic acids is 1. The molecule has 6 heteroatoms. The molecule has 3 rings (SSSR count). The standard InChI is InChI=1S/C16H14BrN3OS/c1-10-6-7-11(8-12(10)17)19-16(21)18-9-15-20-13-4-2-3-5-14(13)22-15/h2-8H,9H2,1H3,(H2,18,19,21). The molecule has 3 aromatic rings. The van der Waals surface area contributed by atoms with Crippen LogP contribution in [-0.2, 0) is 6.54 Å². The number of nitrogens with one attached hydrogen (secondary N) is 2. The van der Waals surface area contributed by atoms with E-state index in [4.69, 9.17) is 0 Å². The highest BCUT2D eigenvalue weighted by Gasteiger charge is 2.06. The fourth-order valence-electron chi connectivity index (χ4n) is 2.00. The number of urea groups is 1. The Kier molecular flexibility index (Phi) is 4.40. The molecule has 0 bridgehead atoms. The zero-order valence-electron chi connectivity index (χ0n) is 11.9. The Hall–Kier alpha value is -1.92. The third kappa shape index (κ3) is 3.45. The molecule has 0 atom stereocenters. The summed E-state index contributed by atoms with van der Waals surface area (Å²) >= 11 is 5.04. The van der Waals surface area contributed by atoms with Gasteiger partial charge in [0.05, 0.1) is 16.8 Å². The van der Waals surface area contributed by atoms with Gasteiger partial charge in [0, 0.05) is 10.2 Å². The van der Waals surface area contributed by atoms with Crippen molar-refractivity contribution in [1.29, 1.82) is 0 Å². The van der Waals surface area contributed by atoms with Crippen molar-refractivity contribution in [2.24, 2.45) is 0 Å². The summed E-state index contributed by atoms with van der Waals surface area (Å²) in [6.45, 7) is 2.42. The fraction of sp³-hybridized carbons (Fsp3) is 0.125. The monoisotopic (exact) mass is 375 g/mol. The highest BCUT2D eigenvalue weighted by atomic mass is 79.9. The summed E-state index contributed by atoms with van der Waals surface area (Å²) in [5, 5.41) is 6.53. The Morgan fingerprint density at radius 2 is 2.09 bits per heavy atom. The normalized spacial score (nSPS) is 10.6. The lowest BCUT2D eigenvalue weighted by atomic mass is 10.2. The predicted octanol–water partition coefficient (Wildman–Crippen LogP) is 4.69. The number of rotatable bonds is 3. The van der Waals surface area contributed by atoms with Crippen molar-refractivity contribution < 1.29 is 4.79 Å². The van der Waals surface area contributed by atoms with Gasteiger partial charge in [-0.2, -0.15) is 0 Å². The molecule has 0 radical (unpaired) electrons. The molecule has 0 saturated carbocycles. The average Bonchev–Trinajstić information content (AvgIpc) is 2.92. The first kappa shape index (κ1) is 15.0. The quantitative estimate of drug-likeness (QED) is 0.697. The van der Waals surface area contributed by atoms with E-state index in [0.29, 0.717) is 6.54 Å². The van der Waals surface area contributed by atoms with Crippen LogP contribution in [0.5, 0.6) is 0 Å². The number of nitrogens with zero attached hydrogens (tertiary/aromatic N) is 1. The maximum atomic E-state index is 11.9. The minimum Gasteiger partial charge on any atom is -0.331 e. The van der Waals surface area contributed by atoms with Gasteiger partial charge in [0.1, 0.15) is 5.01 Å². The molecule has 0 aliphatic heterocycles. The largest absolute Gasteiger partial charge is 0.331 e. The molecule has 2 amide bonds. The second kappa shape index (κ2) is 6.46. The van der Waals surface area contributed by atoms with Gasteiger partial charge in [0.15, 0.2) is 0 Å². The van der Waals surface area contributed by atoms with E-state index in [-0.39, 0.29) is 6.03 Å². The van der Waals surface area contributed by atoms with Crippen LogP contribution in [0.3, 0.4) is 0 Å². The van der Waals surface area contributed by atoms with E-state index in [1.807, 2.05) is 49.4 Å². The van der Waals surface area contributed by atoms with E-state index in [0.717, 1.165) is 30.9 Å². The van der Waals surface area contributed by atoms with E-state index in [1.54, 1.807) is 11.3 Å². The van der Waals surface area contributed by atoms with Gasteiger partial charge in [-0.05, 0) is 36.8 Å². The Bertz CT molecular complexity index is 798. The smallest absolute Gasteiger partial charge is 0.319 e. The number of anilines is 1. The Morgan fingerprint density at radius 3 is 2.86 bits per heavy atom. The molecule has 2 aromatic carbocycles. The van der Waals surface area contributed by atoms with E-state index in [1.165, 1.54) is 0 Å². The van der Waals surface area contributed by atoms with Crippen LogP contribution in [0.4, 0.5) is 10.5 Å². The van der Waals surface area contributed by atoms with E-state index in [9.17, 15) is 4.79 Å². The Balaban J connectivity index is 1.60. The first-order valence-corrected chi connectivity index (χ1v) is 8.38. The van der Waals surface area contributed by atoms with Gasteiger partial charge >= 0.3 is 6.03 Å². The van der Waals surface area contributed by atoms with Crippen LogP contribution in [-0.4, -0.2) is 11.0 Å². The lowest BCUT2D eigenvalue weighted by Crippen LogP contribution is -2.28. The highest BCUT2D eigenvalue weighted by Crippen LogP contribution is 2.22. The number of aryl methyl sites for hydroxylation is 1. The molecule has 0 spiro atoms. The maximum absolute atomic E-state index is 11.9. The van der Waals surface area contributed by atoms with Gasteiger partial charge in [-0.15, -0.1) is 11.3 Å². The van der Waals surface area contributed by atoms with Crippen molar-refractivity contribution in [3.8, 4) is 0 Å². The molecule has 112 valence electrons. The van der Waals surface area contributed by atoms with Gasteiger partial charge in [0.2, 0.25) is 0 Å².